The zero-order valence-corrected chi connectivity index (χ0v) is 13.4. The maximum absolute atomic E-state index is 12.9. The van der Waals surface area contributed by atoms with Gasteiger partial charge in [-0.1, -0.05) is 11.8 Å². The van der Waals surface area contributed by atoms with E-state index in [1.165, 1.54) is 30.0 Å². The van der Waals surface area contributed by atoms with E-state index in [-0.39, 0.29) is 16.6 Å². The van der Waals surface area contributed by atoms with E-state index in [1.807, 2.05) is 6.92 Å². The summed E-state index contributed by atoms with van der Waals surface area (Å²) in [5, 5.41) is 0.336. The molecule has 0 spiro atoms. The van der Waals surface area contributed by atoms with Crippen molar-refractivity contribution in [3.8, 4) is 11.3 Å². The Bertz CT molecular complexity index is 874. The third-order valence-corrected chi connectivity index (χ3v) is 4.13. The van der Waals surface area contributed by atoms with Gasteiger partial charge in [-0.25, -0.2) is 14.4 Å². The van der Waals surface area contributed by atoms with Crippen LogP contribution in [0.5, 0.6) is 0 Å². The van der Waals surface area contributed by atoms with E-state index < -0.39 is 0 Å². The lowest BCUT2D eigenvalue weighted by Gasteiger charge is -2.08. The number of thioether (sulfide) groups is 1. The van der Waals surface area contributed by atoms with E-state index in [4.69, 9.17) is 4.42 Å². The fourth-order valence-electron chi connectivity index (χ4n) is 2.06. The van der Waals surface area contributed by atoms with Gasteiger partial charge in [0, 0.05) is 17.3 Å². The fraction of sp³-hybridized carbons (Fsp3) is 0.188. The number of rotatable bonds is 4. The lowest BCUT2D eigenvalue weighted by Crippen LogP contribution is -2.12. The summed E-state index contributed by atoms with van der Waals surface area (Å²) in [6.07, 6.45) is 1.59. The molecule has 0 bridgehead atoms. The number of benzene rings is 1. The first-order valence-electron chi connectivity index (χ1n) is 6.97. The van der Waals surface area contributed by atoms with Gasteiger partial charge in [-0.15, -0.1) is 0 Å². The van der Waals surface area contributed by atoms with E-state index in [9.17, 15) is 9.18 Å². The Balaban J connectivity index is 1.78. The number of aromatic amines is 1. The number of aryl methyl sites for hydroxylation is 1. The molecule has 0 radical (unpaired) electrons. The van der Waals surface area contributed by atoms with Crippen LogP contribution < -0.4 is 5.56 Å². The quantitative estimate of drug-likeness (QED) is 0.738. The van der Waals surface area contributed by atoms with Crippen LogP contribution in [0.25, 0.3) is 11.3 Å². The van der Waals surface area contributed by atoms with Gasteiger partial charge in [-0.3, -0.25) is 4.79 Å². The molecule has 5 nitrogen and oxygen atoms in total. The van der Waals surface area contributed by atoms with Crippen LogP contribution in [-0.4, -0.2) is 15.0 Å². The van der Waals surface area contributed by atoms with Crippen LogP contribution in [0.4, 0.5) is 4.39 Å². The summed E-state index contributed by atoms with van der Waals surface area (Å²) in [6, 6.07) is 7.45. The molecular weight excluding hydrogens is 317 g/mol. The zero-order chi connectivity index (χ0) is 16.4. The minimum Gasteiger partial charge on any atom is -0.431 e. The summed E-state index contributed by atoms with van der Waals surface area (Å²) in [5.74, 6) is 0.831. The van der Waals surface area contributed by atoms with Crippen molar-refractivity contribution in [3.63, 3.8) is 0 Å². The number of nitrogens with one attached hydrogen (secondary N) is 1. The molecule has 2 heterocycles. The first-order chi connectivity index (χ1) is 11.0. The van der Waals surface area contributed by atoms with Crippen LogP contribution in [0.2, 0.25) is 0 Å². The second-order valence-corrected chi connectivity index (χ2v) is 6.32. The highest BCUT2D eigenvalue weighted by Crippen LogP contribution is 2.34. The molecular formula is C16H14FN3O2S. The van der Waals surface area contributed by atoms with Crippen LogP contribution in [0, 0.1) is 12.7 Å². The highest BCUT2D eigenvalue weighted by atomic mass is 32.2. The molecule has 0 aliphatic carbocycles. The highest BCUT2D eigenvalue weighted by molar-refractivity contribution is 7.99. The summed E-state index contributed by atoms with van der Waals surface area (Å²) in [5.41, 5.74) is 1.23. The third-order valence-electron chi connectivity index (χ3n) is 3.16. The minimum absolute atomic E-state index is 0.123. The molecule has 1 N–H and O–H groups in total. The maximum atomic E-state index is 12.9. The summed E-state index contributed by atoms with van der Waals surface area (Å²) in [6.45, 7) is 3.68. The van der Waals surface area contributed by atoms with Crippen molar-refractivity contribution in [1.82, 2.24) is 15.0 Å². The Morgan fingerprint density at radius 1 is 1.30 bits per heavy atom. The summed E-state index contributed by atoms with van der Waals surface area (Å²) in [4.78, 5) is 22.7. The Labute approximate surface area is 136 Å². The number of aromatic nitrogens is 3. The molecule has 0 aliphatic heterocycles. The Morgan fingerprint density at radius 2 is 2.04 bits per heavy atom. The van der Waals surface area contributed by atoms with Crippen molar-refractivity contribution in [3.05, 3.63) is 64.2 Å². The number of hydrogen-bond acceptors (Lipinski definition) is 5. The predicted octanol–water partition coefficient (Wildman–Crippen LogP) is 3.73. The standard InChI is InChI=1S/C16H14FN3O2S/c1-9-7-14(21)20-15(19-9)10(2)23-16-18-8-13(22-16)11-3-5-12(17)6-4-11/h3-8,10H,1-2H3,(H,19,20,21). The van der Waals surface area contributed by atoms with Gasteiger partial charge in [0.15, 0.2) is 5.76 Å². The average Bonchev–Trinajstić information content (AvgIpc) is 2.95. The first-order valence-corrected chi connectivity index (χ1v) is 7.85. The highest BCUT2D eigenvalue weighted by Gasteiger charge is 2.15. The molecule has 0 amide bonds. The molecule has 1 atom stereocenters. The first kappa shape index (κ1) is 15.5. The summed E-state index contributed by atoms with van der Waals surface area (Å²) in [7, 11) is 0. The number of halogens is 1. The topological polar surface area (TPSA) is 71.8 Å². The Morgan fingerprint density at radius 3 is 2.74 bits per heavy atom. The normalized spacial score (nSPS) is 12.3. The molecule has 1 unspecified atom stereocenters. The lowest BCUT2D eigenvalue weighted by molar-refractivity contribution is 0.465. The number of hydrogen-bond donors (Lipinski definition) is 1. The third kappa shape index (κ3) is 3.68. The summed E-state index contributed by atoms with van der Waals surface area (Å²) < 4.78 is 18.6. The van der Waals surface area contributed by atoms with E-state index in [0.29, 0.717) is 22.5 Å². The van der Waals surface area contributed by atoms with E-state index in [1.54, 1.807) is 25.3 Å². The predicted molar refractivity (Wildman–Crippen MR) is 85.8 cm³/mol. The second kappa shape index (κ2) is 6.37. The number of H-pyrrole nitrogens is 1. The van der Waals surface area contributed by atoms with Crippen molar-refractivity contribution in [2.75, 3.05) is 0 Å². The van der Waals surface area contributed by atoms with Gasteiger partial charge in [-0.2, -0.15) is 0 Å². The van der Waals surface area contributed by atoms with Crippen LogP contribution in [-0.2, 0) is 0 Å². The van der Waals surface area contributed by atoms with Crippen molar-refractivity contribution in [1.29, 1.82) is 0 Å². The number of nitrogens with zero attached hydrogens (tertiary/aromatic N) is 2. The van der Waals surface area contributed by atoms with Crippen molar-refractivity contribution in [2.24, 2.45) is 0 Å². The number of oxazole rings is 1. The van der Waals surface area contributed by atoms with E-state index >= 15 is 0 Å². The zero-order valence-electron chi connectivity index (χ0n) is 12.5. The van der Waals surface area contributed by atoms with Gasteiger partial charge in [0.25, 0.3) is 10.8 Å². The van der Waals surface area contributed by atoms with Crippen LogP contribution in [0.15, 0.2) is 51.0 Å². The molecule has 23 heavy (non-hydrogen) atoms. The smallest absolute Gasteiger partial charge is 0.256 e. The van der Waals surface area contributed by atoms with Crippen molar-refractivity contribution in [2.45, 2.75) is 24.3 Å². The van der Waals surface area contributed by atoms with Gasteiger partial charge in [0.1, 0.15) is 11.6 Å². The Hall–Kier alpha value is -2.41. The largest absolute Gasteiger partial charge is 0.431 e. The molecule has 0 fully saturated rings. The summed E-state index contributed by atoms with van der Waals surface area (Å²) >= 11 is 1.35. The van der Waals surface area contributed by atoms with Gasteiger partial charge >= 0.3 is 0 Å². The molecule has 7 heteroatoms. The van der Waals surface area contributed by atoms with Crippen LogP contribution in [0.3, 0.4) is 0 Å². The molecule has 0 aliphatic rings. The van der Waals surface area contributed by atoms with Crippen LogP contribution >= 0.6 is 11.8 Å². The van der Waals surface area contributed by atoms with Crippen molar-refractivity contribution >= 4 is 11.8 Å². The molecule has 118 valence electrons. The monoisotopic (exact) mass is 331 g/mol. The lowest BCUT2D eigenvalue weighted by atomic mass is 10.2. The van der Waals surface area contributed by atoms with Gasteiger partial charge < -0.3 is 9.40 Å². The molecule has 0 saturated carbocycles. The molecule has 2 aromatic heterocycles. The van der Waals surface area contributed by atoms with Gasteiger partial charge in [-0.05, 0) is 38.1 Å². The molecule has 3 rings (SSSR count). The second-order valence-electron chi connectivity index (χ2n) is 5.03. The van der Waals surface area contributed by atoms with E-state index in [0.717, 1.165) is 5.56 Å². The fourth-order valence-corrected chi connectivity index (χ4v) is 2.84. The minimum atomic E-state index is -0.300. The molecule has 0 saturated heterocycles. The SMILES string of the molecule is Cc1cc(=O)[nH]c(C(C)Sc2ncc(-c3ccc(F)cc3)o2)n1. The average molecular weight is 331 g/mol. The Kier molecular flexibility index (Phi) is 4.29. The maximum Gasteiger partial charge on any atom is 0.256 e. The van der Waals surface area contributed by atoms with E-state index in [2.05, 4.69) is 15.0 Å². The van der Waals surface area contributed by atoms with Gasteiger partial charge in [0.2, 0.25) is 0 Å². The van der Waals surface area contributed by atoms with Gasteiger partial charge in [0.05, 0.1) is 11.4 Å². The molecule has 3 aromatic rings. The van der Waals surface area contributed by atoms with Crippen molar-refractivity contribution < 1.29 is 8.81 Å². The van der Waals surface area contributed by atoms with Crippen LogP contribution in [0.1, 0.15) is 23.7 Å². The molecule has 1 aromatic carbocycles.